The average molecular weight is 451 g/mol. The summed E-state index contributed by atoms with van der Waals surface area (Å²) < 4.78 is 56.1. The van der Waals surface area contributed by atoms with Crippen molar-refractivity contribution in [1.29, 1.82) is 0 Å². The number of hydrogen-bond acceptors (Lipinski definition) is 5. The van der Waals surface area contributed by atoms with Crippen LogP contribution in [0.2, 0.25) is 0 Å². The monoisotopic (exact) mass is 451 g/mol. The fourth-order valence-corrected chi connectivity index (χ4v) is 5.97. The minimum absolute atomic E-state index is 0.0820. The van der Waals surface area contributed by atoms with Crippen LogP contribution >= 0.6 is 11.8 Å². The molecule has 1 aromatic carbocycles. The van der Waals surface area contributed by atoms with Crippen molar-refractivity contribution in [2.75, 3.05) is 0 Å². The summed E-state index contributed by atoms with van der Waals surface area (Å²) in [5, 5.41) is -0.0741. The van der Waals surface area contributed by atoms with Crippen molar-refractivity contribution >= 4 is 22.7 Å². The van der Waals surface area contributed by atoms with Crippen LogP contribution in [-0.4, -0.2) is 27.1 Å². The van der Waals surface area contributed by atoms with E-state index in [0.29, 0.717) is 5.56 Å². The molecule has 0 saturated heterocycles. The predicted octanol–water partition coefficient (Wildman–Crippen LogP) is 4.87. The second-order valence-electron chi connectivity index (χ2n) is 8.42. The fourth-order valence-electron chi connectivity index (χ4n) is 4.75. The first-order valence-electron chi connectivity index (χ1n) is 9.79. The number of halogens is 4. The SMILES string of the molecule is C[C@H]1SC(N)=N[C@](C)(c2cc(CC(=O)c3ccc(F)cn3)ccc2F)C12CC(F)(F)C2. The van der Waals surface area contributed by atoms with Gasteiger partial charge in [0, 0.05) is 35.5 Å². The van der Waals surface area contributed by atoms with Crippen molar-refractivity contribution in [3.05, 3.63) is 65.0 Å². The third-order valence-electron chi connectivity index (χ3n) is 6.46. The third-order valence-corrected chi connectivity index (χ3v) is 7.60. The summed E-state index contributed by atoms with van der Waals surface area (Å²) in [6, 6.07) is 6.58. The molecule has 0 unspecified atom stereocenters. The maximum absolute atomic E-state index is 15.0. The molecule has 164 valence electrons. The highest BCUT2D eigenvalue weighted by molar-refractivity contribution is 8.14. The molecule has 2 N–H and O–H groups in total. The van der Waals surface area contributed by atoms with Crippen LogP contribution in [0.1, 0.15) is 48.3 Å². The second-order valence-corrected chi connectivity index (χ2v) is 9.78. The Bertz CT molecular complexity index is 1060. The number of rotatable bonds is 4. The summed E-state index contributed by atoms with van der Waals surface area (Å²) in [4.78, 5) is 20.8. The van der Waals surface area contributed by atoms with Crippen molar-refractivity contribution in [1.82, 2.24) is 4.98 Å². The van der Waals surface area contributed by atoms with Crippen molar-refractivity contribution in [2.24, 2.45) is 16.1 Å². The Morgan fingerprint density at radius 1 is 1.23 bits per heavy atom. The Hall–Kier alpha value is -2.42. The fraction of sp³-hybridized carbons (Fsp3) is 0.409. The molecule has 1 aliphatic heterocycles. The third kappa shape index (κ3) is 3.62. The lowest BCUT2D eigenvalue weighted by atomic mass is 9.52. The Kier molecular flexibility index (Phi) is 5.15. The lowest BCUT2D eigenvalue weighted by Gasteiger charge is -2.60. The number of nitrogens with zero attached hydrogens (tertiary/aromatic N) is 2. The molecule has 4 rings (SSSR count). The van der Waals surface area contributed by atoms with Crippen molar-refractivity contribution in [2.45, 2.75) is 49.8 Å². The van der Waals surface area contributed by atoms with Gasteiger partial charge in [-0.3, -0.25) is 14.8 Å². The van der Waals surface area contributed by atoms with Gasteiger partial charge in [-0.05, 0) is 36.8 Å². The van der Waals surface area contributed by atoms with Crippen LogP contribution in [0.5, 0.6) is 0 Å². The summed E-state index contributed by atoms with van der Waals surface area (Å²) in [6.45, 7) is 3.45. The molecular formula is C22H21F4N3OS. The second kappa shape index (κ2) is 7.32. The van der Waals surface area contributed by atoms with Gasteiger partial charge in [-0.2, -0.15) is 0 Å². The Balaban J connectivity index is 1.72. The van der Waals surface area contributed by atoms with Gasteiger partial charge >= 0.3 is 0 Å². The van der Waals surface area contributed by atoms with E-state index in [1.54, 1.807) is 6.92 Å². The first-order chi connectivity index (χ1) is 14.5. The standard InChI is InChI=1S/C22H21F4N3OS/c1-12-21(10-22(25,26)11-21)20(2,29-19(27)31-12)15-7-13(3-5-16(15)24)8-18(30)17-6-4-14(23)9-28-17/h3-7,9,12H,8,10-11H2,1-2H3,(H2,27,29)/t12-,20-/m1/s1. The zero-order chi connectivity index (χ0) is 22.6. The number of carbonyl (C=O) groups is 1. The number of alkyl halides is 2. The van der Waals surface area contributed by atoms with Crippen LogP contribution in [0.15, 0.2) is 41.5 Å². The topological polar surface area (TPSA) is 68.3 Å². The Morgan fingerprint density at radius 3 is 2.55 bits per heavy atom. The number of benzene rings is 1. The van der Waals surface area contributed by atoms with Crippen molar-refractivity contribution < 1.29 is 22.4 Å². The highest BCUT2D eigenvalue weighted by Crippen LogP contribution is 2.67. The number of thioether (sulfide) groups is 1. The first kappa shape index (κ1) is 21.8. The van der Waals surface area contributed by atoms with Gasteiger partial charge in [0.25, 0.3) is 0 Å². The summed E-state index contributed by atoms with van der Waals surface area (Å²) >= 11 is 1.22. The first-order valence-corrected chi connectivity index (χ1v) is 10.7. The van der Waals surface area contributed by atoms with Crippen LogP contribution in [-0.2, 0) is 12.0 Å². The minimum atomic E-state index is -2.84. The summed E-state index contributed by atoms with van der Waals surface area (Å²) in [5.41, 5.74) is 4.40. The van der Waals surface area contributed by atoms with Gasteiger partial charge in [0.1, 0.15) is 17.3 Å². The lowest BCUT2D eigenvalue weighted by molar-refractivity contribution is -0.187. The van der Waals surface area contributed by atoms with E-state index in [1.807, 2.05) is 6.92 Å². The number of pyridine rings is 1. The van der Waals surface area contributed by atoms with Gasteiger partial charge in [-0.25, -0.2) is 17.6 Å². The van der Waals surface area contributed by atoms with E-state index < -0.39 is 41.4 Å². The quantitative estimate of drug-likeness (QED) is 0.532. The van der Waals surface area contributed by atoms with Crippen LogP contribution in [0.3, 0.4) is 0 Å². The number of aliphatic imine (C=N–C) groups is 1. The number of aromatic nitrogens is 1. The molecule has 0 bridgehead atoms. The number of amidine groups is 1. The molecule has 1 aromatic heterocycles. The maximum Gasteiger partial charge on any atom is 0.249 e. The molecule has 1 fully saturated rings. The number of ketones is 1. The Morgan fingerprint density at radius 2 is 1.94 bits per heavy atom. The van der Waals surface area contributed by atoms with Gasteiger partial charge in [-0.1, -0.05) is 24.8 Å². The Labute approximate surface area is 181 Å². The van der Waals surface area contributed by atoms with Gasteiger partial charge in [0.2, 0.25) is 5.92 Å². The summed E-state index contributed by atoms with van der Waals surface area (Å²) in [6.07, 6.45) is 0.0191. The van der Waals surface area contributed by atoms with E-state index in [1.165, 1.54) is 36.0 Å². The van der Waals surface area contributed by atoms with Crippen molar-refractivity contribution in [3.8, 4) is 0 Å². The minimum Gasteiger partial charge on any atom is -0.379 e. The molecule has 2 atom stereocenters. The van der Waals surface area contributed by atoms with E-state index >= 15 is 4.39 Å². The van der Waals surface area contributed by atoms with Crippen LogP contribution in [0, 0.1) is 17.0 Å². The molecule has 4 nitrogen and oxygen atoms in total. The average Bonchev–Trinajstić information content (AvgIpc) is 2.66. The molecule has 31 heavy (non-hydrogen) atoms. The van der Waals surface area contributed by atoms with Gasteiger partial charge in [0.15, 0.2) is 11.0 Å². The molecule has 1 spiro atoms. The summed E-state index contributed by atoms with van der Waals surface area (Å²) in [5.74, 6) is -4.36. The lowest BCUT2D eigenvalue weighted by Crippen LogP contribution is -2.63. The zero-order valence-corrected chi connectivity index (χ0v) is 17.8. The van der Waals surface area contributed by atoms with E-state index in [9.17, 15) is 18.0 Å². The van der Waals surface area contributed by atoms with Crippen LogP contribution in [0.25, 0.3) is 0 Å². The smallest absolute Gasteiger partial charge is 0.249 e. The highest BCUT2D eigenvalue weighted by atomic mass is 32.2. The normalized spacial score (nSPS) is 26.3. The van der Waals surface area contributed by atoms with Gasteiger partial charge in [-0.15, -0.1) is 0 Å². The number of carbonyl (C=O) groups excluding carboxylic acids is 1. The molecule has 0 radical (unpaired) electrons. The molecule has 0 amide bonds. The predicted molar refractivity (Wildman–Crippen MR) is 111 cm³/mol. The number of nitrogens with two attached hydrogens (primary N) is 1. The molecular weight excluding hydrogens is 430 g/mol. The molecule has 2 heterocycles. The van der Waals surface area contributed by atoms with E-state index in [0.717, 1.165) is 12.3 Å². The van der Waals surface area contributed by atoms with E-state index in [4.69, 9.17) is 5.73 Å². The van der Waals surface area contributed by atoms with Crippen LogP contribution in [0.4, 0.5) is 17.6 Å². The molecule has 2 aromatic rings. The van der Waals surface area contributed by atoms with Gasteiger partial charge < -0.3 is 5.73 Å². The number of hydrogen-bond donors (Lipinski definition) is 1. The van der Waals surface area contributed by atoms with Gasteiger partial charge in [0.05, 0.1) is 11.7 Å². The molecule has 9 heteroatoms. The van der Waals surface area contributed by atoms with E-state index in [2.05, 4.69) is 9.98 Å². The summed E-state index contributed by atoms with van der Waals surface area (Å²) in [7, 11) is 0. The zero-order valence-electron chi connectivity index (χ0n) is 17.0. The largest absolute Gasteiger partial charge is 0.379 e. The molecule has 1 saturated carbocycles. The number of Topliss-reactive ketones (excluding diaryl/α,β-unsaturated/α-hetero) is 1. The van der Waals surface area contributed by atoms with E-state index in [-0.39, 0.29) is 33.9 Å². The maximum atomic E-state index is 15.0. The van der Waals surface area contributed by atoms with Crippen LogP contribution < -0.4 is 5.73 Å². The highest BCUT2D eigenvalue weighted by Gasteiger charge is 2.69. The molecule has 2 aliphatic rings. The molecule has 1 aliphatic carbocycles. The van der Waals surface area contributed by atoms with Crippen molar-refractivity contribution in [3.63, 3.8) is 0 Å².